The Labute approximate surface area is 148 Å². The van der Waals surface area contributed by atoms with Crippen molar-refractivity contribution in [2.45, 2.75) is 19.4 Å². The van der Waals surface area contributed by atoms with Crippen molar-refractivity contribution >= 4 is 34.5 Å². The Morgan fingerprint density at radius 1 is 1.24 bits per heavy atom. The molecule has 0 saturated carbocycles. The summed E-state index contributed by atoms with van der Waals surface area (Å²) in [6, 6.07) is 10.8. The van der Waals surface area contributed by atoms with E-state index < -0.39 is 17.9 Å². The standard InChI is InChI=1S/C18H16ClN3O3/c1-10-20-14-7-4-12(9-15(14)21-10)17(23)22-16(18(24)25)8-11-2-5-13(19)6-3-11/h2-7,9,16H,8H2,1H3,(H,20,21)(H,22,23)(H,24,25). The van der Waals surface area contributed by atoms with Crippen LogP contribution in [0.25, 0.3) is 11.0 Å². The van der Waals surface area contributed by atoms with E-state index >= 15 is 0 Å². The molecule has 0 spiro atoms. The number of halogens is 1. The fourth-order valence-corrected chi connectivity index (χ4v) is 2.70. The molecule has 0 bridgehead atoms. The van der Waals surface area contributed by atoms with E-state index in [0.29, 0.717) is 10.6 Å². The fraction of sp³-hybridized carbons (Fsp3) is 0.167. The number of hydrogen-bond donors (Lipinski definition) is 3. The van der Waals surface area contributed by atoms with E-state index in [1.54, 1.807) is 42.5 Å². The molecule has 0 aliphatic heterocycles. The molecule has 1 atom stereocenters. The van der Waals surface area contributed by atoms with Gasteiger partial charge >= 0.3 is 5.97 Å². The first kappa shape index (κ1) is 17.0. The summed E-state index contributed by atoms with van der Waals surface area (Å²) in [4.78, 5) is 31.2. The lowest BCUT2D eigenvalue weighted by atomic mass is 10.1. The molecule has 1 aromatic heterocycles. The molecule has 7 heteroatoms. The van der Waals surface area contributed by atoms with Crippen molar-refractivity contribution in [3.05, 3.63) is 64.4 Å². The lowest BCUT2D eigenvalue weighted by Gasteiger charge is -2.15. The quantitative estimate of drug-likeness (QED) is 0.654. The molecule has 25 heavy (non-hydrogen) atoms. The lowest BCUT2D eigenvalue weighted by Crippen LogP contribution is -2.42. The lowest BCUT2D eigenvalue weighted by molar-refractivity contribution is -0.139. The summed E-state index contributed by atoms with van der Waals surface area (Å²) in [7, 11) is 0. The van der Waals surface area contributed by atoms with E-state index in [4.69, 9.17) is 11.6 Å². The van der Waals surface area contributed by atoms with Crippen LogP contribution in [0.1, 0.15) is 21.7 Å². The second-order valence-electron chi connectivity index (χ2n) is 5.75. The number of imidazole rings is 1. The highest BCUT2D eigenvalue weighted by molar-refractivity contribution is 6.30. The van der Waals surface area contributed by atoms with Crippen LogP contribution < -0.4 is 5.32 Å². The topological polar surface area (TPSA) is 95.1 Å². The van der Waals surface area contributed by atoms with Crippen LogP contribution in [0.15, 0.2) is 42.5 Å². The molecule has 1 amide bonds. The van der Waals surface area contributed by atoms with Crippen molar-refractivity contribution in [1.82, 2.24) is 15.3 Å². The highest BCUT2D eigenvalue weighted by Crippen LogP contribution is 2.15. The highest BCUT2D eigenvalue weighted by Gasteiger charge is 2.21. The van der Waals surface area contributed by atoms with Gasteiger partial charge in [0.15, 0.2) is 0 Å². The Morgan fingerprint density at radius 2 is 1.96 bits per heavy atom. The monoisotopic (exact) mass is 357 g/mol. The molecule has 0 radical (unpaired) electrons. The van der Waals surface area contributed by atoms with E-state index in [1.807, 2.05) is 6.92 Å². The third-order valence-electron chi connectivity index (χ3n) is 3.82. The summed E-state index contributed by atoms with van der Waals surface area (Å²) in [6.07, 6.45) is 0.170. The molecule has 6 nitrogen and oxygen atoms in total. The highest BCUT2D eigenvalue weighted by atomic mass is 35.5. The number of benzene rings is 2. The van der Waals surface area contributed by atoms with Crippen molar-refractivity contribution in [2.75, 3.05) is 0 Å². The number of nitrogens with one attached hydrogen (secondary N) is 2. The molecule has 3 rings (SSSR count). The van der Waals surface area contributed by atoms with Gasteiger partial charge in [0.25, 0.3) is 5.91 Å². The van der Waals surface area contributed by atoms with Crippen LogP contribution in [0.3, 0.4) is 0 Å². The molecule has 128 valence electrons. The van der Waals surface area contributed by atoms with Crippen LogP contribution in [0.4, 0.5) is 0 Å². The van der Waals surface area contributed by atoms with Gasteiger partial charge in [-0.3, -0.25) is 4.79 Å². The predicted octanol–water partition coefficient (Wildman–Crippen LogP) is 2.95. The van der Waals surface area contributed by atoms with Gasteiger partial charge in [0.2, 0.25) is 0 Å². The van der Waals surface area contributed by atoms with Crippen LogP contribution in [0.5, 0.6) is 0 Å². The summed E-state index contributed by atoms with van der Waals surface area (Å²) in [5.41, 5.74) is 2.63. The summed E-state index contributed by atoms with van der Waals surface area (Å²) in [6.45, 7) is 1.83. The SMILES string of the molecule is Cc1nc2ccc(C(=O)NC(Cc3ccc(Cl)cc3)C(=O)O)cc2[nH]1. The second kappa shape index (κ2) is 6.94. The molecule has 3 aromatic rings. The Hall–Kier alpha value is -2.86. The number of carboxylic acid groups (broad SMARTS) is 1. The molecule has 0 aliphatic carbocycles. The third-order valence-corrected chi connectivity index (χ3v) is 4.07. The van der Waals surface area contributed by atoms with E-state index in [2.05, 4.69) is 15.3 Å². The van der Waals surface area contributed by atoms with Gasteiger partial charge < -0.3 is 15.4 Å². The van der Waals surface area contributed by atoms with Gasteiger partial charge in [-0.15, -0.1) is 0 Å². The number of carbonyl (C=O) groups excluding carboxylic acids is 1. The molecule has 0 fully saturated rings. The summed E-state index contributed by atoms with van der Waals surface area (Å²) >= 11 is 5.83. The number of amides is 1. The van der Waals surface area contributed by atoms with Crippen LogP contribution in [-0.4, -0.2) is 33.0 Å². The molecule has 0 aliphatic rings. The number of aryl methyl sites for hydroxylation is 1. The number of aromatic amines is 1. The number of carboxylic acids is 1. The van der Waals surface area contributed by atoms with Gasteiger partial charge in [0, 0.05) is 17.0 Å². The maximum absolute atomic E-state index is 12.4. The Kier molecular flexibility index (Phi) is 4.72. The van der Waals surface area contributed by atoms with E-state index in [0.717, 1.165) is 22.4 Å². The zero-order valence-corrected chi connectivity index (χ0v) is 14.2. The van der Waals surface area contributed by atoms with Gasteiger partial charge in [-0.1, -0.05) is 23.7 Å². The van der Waals surface area contributed by atoms with Crippen molar-refractivity contribution in [3.8, 4) is 0 Å². The number of rotatable bonds is 5. The average molecular weight is 358 g/mol. The van der Waals surface area contributed by atoms with Crippen LogP contribution in [0, 0.1) is 6.92 Å². The largest absolute Gasteiger partial charge is 0.480 e. The van der Waals surface area contributed by atoms with Crippen LogP contribution in [-0.2, 0) is 11.2 Å². The molecule has 1 unspecified atom stereocenters. The number of nitrogens with zero attached hydrogens (tertiary/aromatic N) is 1. The molecular formula is C18H16ClN3O3. The smallest absolute Gasteiger partial charge is 0.326 e. The van der Waals surface area contributed by atoms with Gasteiger partial charge in [0.1, 0.15) is 11.9 Å². The molecule has 0 saturated heterocycles. The average Bonchev–Trinajstić information content (AvgIpc) is 2.95. The maximum atomic E-state index is 12.4. The number of fused-ring (bicyclic) bond motifs is 1. The number of H-pyrrole nitrogens is 1. The summed E-state index contributed by atoms with van der Waals surface area (Å²) < 4.78 is 0. The van der Waals surface area contributed by atoms with Gasteiger partial charge in [-0.25, -0.2) is 9.78 Å². The third kappa shape index (κ3) is 3.97. The Bertz CT molecular complexity index is 934. The minimum atomic E-state index is -1.10. The van der Waals surface area contributed by atoms with Crippen molar-refractivity contribution in [3.63, 3.8) is 0 Å². The minimum Gasteiger partial charge on any atom is -0.480 e. The number of aromatic nitrogens is 2. The number of aliphatic carboxylic acids is 1. The zero-order chi connectivity index (χ0) is 18.0. The molecule has 2 aromatic carbocycles. The van der Waals surface area contributed by atoms with Crippen LogP contribution >= 0.6 is 11.6 Å². The van der Waals surface area contributed by atoms with E-state index in [-0.39, 0.29) is 6.42 Å². The normalized spacial score (nSPS) is 12.1. The Balaban J connectivity index is 1.77. The van der Waals surface area contributed by atoms with Crippen molar-refractivity contribution < 1.29 is 14.7 Å². The number of hydrogen-bond acceptors (Lipinski definition) is 3. The fourth-order valence-electron chi connectivity index (χ4n) is 2.58. The van der Waals surface area contributed by atoms with Gasteiger partial charge in [-0.2, -0.15) is 0 Å². The first-order valence-corrected chi connectivity index (χ1v) is 8.04. The van der Waals surface area contributed by atoms with Gasteiger partial charge in [-0.05, 0) is 42.8 Å². The van der Waals surface area contributed by atoms with E-state index in [1.165, 1.54) is 0 Å². The predicted molar refractivity (Wildman–Crippen MR) is 94.9 cm³/mol. The summed E-state index contributed by atoms with van der Waals surface area (Å²) in [5, 5.41) is 12.5. The van der Waals surface area contributed by atoms with Crippen LogP contribution in [0.2, 0.25) is 5.02 Å². The second-order valence-corrected chi connectivity index (χ2v) is 6.19. The Morgan fingerprint density at radius 3 is 2.64 bits per heavy atom. The van der Waals surface area contributed by atoms with Crippen molar-refractivity contribution in [2.24, 2.45) is 0 Å². The molecular weight excluding hydrogens is 342 g/mol. The minimum absolute atomic E-state index is 0.170. The first-order valence-electron chi connectivity index (χ1n) is 7.67. The van der Waals surface area contributed by atoms with Crippen molar-refractivity contribution in [1.29, 1.82) is 0 Å². The molecule has 1 heterocycles. The maximum Gasteiger partial charge on any atom is 0.326 e. The van der Waals surface area contributed by atoms with E-state index in [9.17, 15) is 14.7 Å². The van der Waals surface area contributed by atoms with Gasteiger partial charge in [0.05, 0.1) is 11.0 Å². The molecule has 3 N–H and O–H groups in total. The zero-order valence-electron chi connectivity index (χ0n) is 13.4. The summed E-state index contributed by atoms with van der Waals surface area (Å²) in [5.74, 6) is -0.795. The first-order chi connectivity index (χ1) is 11.9. The number of carbonyl (C=O) groups is 2.